The van der Waals surface area contributed by atoms with Gasteiger partial charge in [-0.25, -0.2) is 13.2 Å². The van der Waals surface area contributed by atoms with Crippen molar-refractivity contribution < 1.29 is 18.0 Å². The molecule has 0 aromatic heterocycles. The van der Waals surface area contributed by atoms with Crippen LogP contribution < -0.4 is 4.90 Å². The Morgan fingerprint density at radius 1 is 0.962 bits per heavy atom. The van der Waals surface area contributed by atoms with Crippen LogP contribution in [0.1, 0.15) is 71.6 Å². The van der Waals surface area contributed by atoms with Crippen molar-refractivity contribution in [1.29, 1.82) is 0 Å². The van der Waals surface area contributed by atoms with Crippen molar-refractivity contribution in [2.24, 2.45) is 0 Å². The van der Waals surface area contributed by atoms with E-state index in [9.17, 15) is 18.0 Å². The molecule has 2 nitrogen and oxygen atoms in total. The molecule has 0 N–H and O–H groups in total. The van der Waals surface area contributed by atoms with Gasteiger partial charge in [-0.2, -0.15) is 12.6 Å². The van der Waals surface area contributed by atoms with E-state index in [2.05, 4.69) is 26.5 Å². The van der Waals surface area contributed by atoms with Crippen LogP contribution in [0.3, 0.4) is 0 Å². The van der Waals surface area contributed by atoms with Crippen LogP contribution in [0.2, 0.25) is 0 Å². The first kappa shape index (κ1) is 22.9. The third kappa shape index (κ3) is 7.22. The zero-order valence-electron chi connectivity index (χ0n) is 15.7. The lowest BCUT2D eigenvalue weighted by Crippen LogP contribution is -2.39. The van der Waals surface area contributed by atoms with Crippen molar-refractivity contribution in [1.82, 2.24) is 0 Å². The van der Waals surface area contributed by atoms with Crippen LogP contribution in [0, 0.1) is 17.5 Å². The van der Waals surface area contributed by atoms with Gasteiger partial charge in [-0.1, -0.05) is 58.8 Å². The fourth-order valence-corrected chi connectivity index (χ4v) is 3.21. The van der Waals surface area contributed by atoms with Gasteiger partial charge in [0.05, 0.1) is 5.25 Å². The summed E-state index contributed by atoms with van der Waals surface area (Å²) in [4.78, 5) is 13.9. The van der Waals surface area contributed by atoms with Crippen molar-refractivity contribution in [3.8, 4) is 0 Å². The highest BCUT2D eigenvalue weighted by Gasteiger charge is 2.27. The fourth-order valence-electron chi connectivity index (χ4n) is 2.89. The molecule has 0 aliphatic heterocycles. The van der Waals surface area contributed by atoms with E-state index in [4.69, 9.17) is 0 Å². The number of thiol groups is 1. The zero-order valence-corrected chi connectivity index (χ0v) is 16.6. The summed E-state index contributed by atoms with van der Waals surface area (Å²) in [6, 6.07) is 1.22. The largest absolute Gasteiger partial charge is 0.306 e. The predicted molar refractivity (Wildman–Crippen MR) is 104 cm³/mol. The molecule has 0 bridgehead atoms. The molecule has 0 saturated heterocycles. The lowest BCUT2D eigenvalue weighted by molar-refractivity contribution is -0.118. The second-order valence-corrected chi connectivity index (χ2v) is 7.26. The Balaban J connectivity index is 2.92. The van der Waals surface area contributed by atoms with Gasteiger partial charge in [-0.3, -0.25) is 4.79 Å². The second kappa shape index (κ2) is 12.3. The van der Waals surface area contributed by atoms with E-state index >= 15 is 0 Å². The van der Waals surface area contributed by atoms with E-state index in [1.54, 1.807) is 0 Å². The van der Waals surface area contributed by atoms with Gasteiger partial charge >= 0.3 is 0 Å². The first-order chi connectivity index (χ1) is 12.4. The monoisotopic (exact) mass is 389 g/mol. The summed E-state index contributed by atoms with van der Waals surface area (Å²) in [6.07, 6.45) is 8.04. The summed E-state index contributed by atoms with van der Waals surface area (Å²) in [5.74, 6) is -3.54. The highest BCUT2D eigenvalue weighted by atomic mass is 32.1. The molecule has 0 aliphatic carbocycles. The first-order valence-corrected chi connectivity index (χ1v) is 10.1. The Bertz CT molecular complexity index is 545. The number of halogens is 3. The van der Waals surface area contributed by atoms with E-state index < -0.39 is 34.3 Å². The van der Waals surface area contributed by atoms with Gasteiger partial charge in [0, 0.05) is 18.7 Å². The number of nitrogens with zero attached hydrogens (tertiary/aromatic N) is 1. The summed E-state index contributed by atoms with van der Waals surface area (Å²) in [5.41, 5.74) is -0.472. The second-order valence-electron chi connectivity index (χ2n) is 6.63. The Morgan fingerprint density at radius 2 is 1.50 bits per heavy atom. The third-order valence-electron chi connectivity index (χ3n) is 4.37. The van der Waals surface area contributed by atoms with Gasteiger partial charge in [0.1, 0.15) is 11.5 Å². The minimum atomic E-state index is -1.06. The molecule has 1 unspecified atom stereocenters. The molecule has 1 aromatic rings. The Morgan fingerprint density at radius 3 is 2.04 bits per heavy atom. The Hall–Kier alpha value is -1.17. The summed E-state index contributed by atoms with van der Waals surface area (Å²) in [6.45, 7) is 4.36. The van der Waals surface area contributed by atoms with Crippen LogP contribution in [-0.2, 0) is 4.79 Å². The highest BCUT2D eigenvalue weighted by Crippen LogP contribution is 2.27. The van der Waals surface area contributed by atoms with Crippen LogP contribution in [0.25, 0.3) is 0 Å². The maximum Gasteiger partial charge on any atom is 0.239 e. The lowest BCUT2D eigenvalue weighted by atomic mass is 10.1. The molecule has 1 amide bonds. The van der Waals surface area contributed by atoms with Gasteiger partial charge in [-0.05, 0) is 12.8 Å². The van der Waals surface area contributed by atoms with Gasteiger partial charge < -0.3 is 4.90 Å². The van der Waals surface area contributed by atoms with Gasteiger partial charge in [0.25, 0.3) is 0 Å². The van der Waals surface area contributed by atoms with E-state index in [0.29, 0.717) is 25.0 Å². The number of rotatable bonds is 12. The Kier molecular flexibility index (Phi) is 10.8. The molecular weight excluding hydrogens is 359 g/mol. The molecule has 0 radical (unpaired) electrons. The van der Waals surface area contributed by atoms with E-state index in [0.717, 1.165) is 49.8 Å². The van der Waals surface area contributed by atoms with E-state index in [1.807, 2.05) is 0 Å². The summed E-state index contributed by atoms with van der Waals surface area (Å²) < 4.78 is 41.7. The van der Waals surface area contributed by atoms with Crippen molar-refractivity contribution in [3.05, 3.63) is 29.6 Å². The summed E-state index contributed by atoms with van der Waals surface area (Å²) in [7, 11) is 0. The molecule has 0 saturated carbocycles. The van der Waals surface area contributed by atoms with Crippen molar-refractivity contribution >= 4 is 24.2 Å². The lowest BCUT2D eigenvalue weighted by Gasteiger charge is -2.26. The summed E-state index contributed by atoms with van der Waals surface area (Å²) >= 11 is 4.36. The van der Waals surface area contributed by atoms with Crippen molar-refractivity contribution in [2.45, 2.75) is 76.9 Å². The molecular formula is C20H30F3NOS. The molecule has 0 heterocycles. The molecule has 148 valence electrons. The molecule has 0 aliphatic rings. The first-order valence-electron chi connectivity index (χ1n) is 9.56. The SMILES string of the molecule is CCCCCCC(S)C(=O)N(CCCCCC)c1c(F)cc(F)cc1F. The molecule has 1 rings (SSSR count). The van der Waals surface area contributed by atoms with Gasteiger partial charge in [0.2, 0.25) is 5.91 Å². The molecule has 0 spiro atoms. The standard InChI is InChI=1S/C20H30F3NOS/c1-3-5-7-9-11-18(26)20(25)24(12-10-8-6-4-2)19-16(22)13-15(21)14-17(19)23/h13-14,18,26H,3-12H2,1-2H3. The van der Waals surface area contributed by atoms with Crippen LogP contribution in [0.5, 0.6) is 0 Å². The average molecular weight is 390 g/mol. The van der Waals surface area contributed by atoms with Crippen LogP contribution in [0.15, 0.2) is 12.1 Å². The Labute approximate surface area is 160 Å². The average Bonchev–Trinajstić information content (AvgIpc) is 2.59. The number of hydrogen-bond acceptors (Lipinski definition) is 2. The van der Waals surface area contributed by atoms with Gasteiger partial charge in [0.15, 0.2) is 11.6 Å². The number of unbranched alkanes of at least 4 members (excludes halogenated alkanes) is 6. The molecule has 0 fully saturated rings. The maximum absolute atomic E-state index is 14.2. The minimum Gasteiger partial charge on any atom is -0.306 e. The van der Waals surface area contributed by atoms with E-state index in [1.165, 1.54) is 0 Å². The minimum absolute atomic E-state index is 0.199. The number of carbonyl (C=O) groups is 1. The quantitative estimate of drug-likeness (QED) is 0.329. The number of benzene rings is 1. The molecule has 6 heteroatoms. The molecule has 1 aromatic carbocycles. The van der Waals surface area contributed by atoms with E-state index in [-0.39, 0.29) is 6.54 Å². The topological polar surface area (TPSA) is 20.3 Å². The van der Waals surface area contributed by atoms with Crippen LogP contribution in [-0.4, -0.2) is 17.7 Å². The number of hydrogen-bond donors (Lipinski definition) is 1. The third-order valence-corrected chi connectivity index (χ3v) is 4.85. The summed E-state index contributed by atoms with van der Waals surface area (Å²) in [5, 5.41) is -0.623. The molecule has 26 heavy (non-hydrogen) atoms. The van der Waals surface area contributed by atoms with Crippen molar-refractivity contribution in [3.63, 3.8) is 0 Å². The number of anilines is 1. The predicted octanol–water partition coefficient (Wildman–Crippen LogP) is 6.29. The number of carbonyl (C=O) groups excluding carboxylic acids is 1. The van der Waals surface area contributed by atoms with Gasteiger partial charge in [-0.15, -0.1) is 0 Å². The fraction of sp³-hybridized carbons (Fsp3) is 0.650. The number of amides is 1. The highest BCUT2D eigenvalue weighted by molar-refractivity contribution is 7.81. The zero-order chi connectivity index (χ0) is 19.5. The molecule has 1 atom stereocenters. The normalized spacial score (nSPS) is 12.2. The van der Waals surface area contributed by atoms with Crippen LogP contribution in [0.4, 0.5) is 18.9 Å². The van der Waals surface area contributed by atoms with Crippen LogP contribution >= 0.6 is 12.6 Å². The van der Waals surface area contributed by atoms with Crippen molar-refractivity contribution in [2.75, 3.05) is 11.4 Å². The maximum atomic E-state index is 14.2. The smallest absolute Gasteiger partial charge is 0.239 e.